The molecule has 144 valence electrons. The number of amides is 2. The quantitative estimate of drug-likeness (QED) is 0.831. The van der Waals surface area contributed by atoms with Crippen molar-refractivity contribution in [2.45, 2.75) is 38.8 Å². The molecule has 0 spiro atoms. The van der Waals surface area contributed by atoms with Gasteiger partial charge in [0.05, 0.1) is 5.92 Å². The molecule has 2 fully saturated rings. The highest BCUT2D eigenvalue weighted by Gasteiger charge is 2.35. The van der Waals surface area contributed by atoms with Crippen LogP contribution in [0.5, 0.6) is 0 Å². The van der Waals surface area contributed by atoms with Gasteiger partial charge in [0.1, 0.15) is 0 Å². The molecule has 1 N–H and O–H groups in total. The van der Waals surface area contributed by atoms with E-state index in [1.165, 1.54) is 0 Å². The molecule has 0 bridgehead atoms. The Bertz CT molecular complexity index is 638. The van der Waals surface area contributed by atoms with Crippen LogP contribution in [0.1, 0.15) is 37.0 Å². The third-order valence-corrected chi connectivity index (χ3v) is 5.72. The van der Waals surface area contributed by atoms with Crippen LogP contribution in [0.25, 0.3) is 0 Å². The van der Waals surface area contributed by atoms with E-state index < -0.39 is 0 Å². The normalized spacial score (nSPS) is 26.2. The lowest BCUT2D eigenvalue weighted by molar-refractivity contribution is -0.140. The number of likely N-dealkylation sites (tertiary alicyclic amines) is 1. The molecule has 2 amide bonds. The van der Waals surface area contributed by atoms with Gasteiger partial charge in [-0.1, -0.05) is 11.6 Å². The van der Waals surface area contributed by atoms with E-state index in [0.717, 1.165) is 25.9 Å². The summed E-state index contributed by atoms with van der Waals surface area (Å²) in [6.45, 7) is 6.99. The monoisotopic (exact) mass is 399 g/mol. The number of piperazine rings is 1. The summed E-state index contributed by atoms with van der Waals surface area (Å²) >= 11 is 5.90. The highest BCUT2D eigenvalue weighted by Crippen LogP contribution is 2.23. The summed E-state index contributed by atoms with van der Waals surface area (Å²) in [4.78, 5) is 29.5. The fourth-order valence-electron chi connectivity index (χ4n) is 3.74. The molecule has 26 heavy (non-hydrogen) atoms. The zero-order valence-corrected chi connectivity index (χ0v) is 16.9. The van der Waals surface area contributed by atoms with Crippen molar-refractivity contribution >= 4 is 35.8 Å². The zero-order valence-electron chi connectivity index (χ0n) is 15.3. The summed E-state index contributed by atoms with van der Waals surface area (Å²) < 4.78 is 0. The maximum Gasteiger partial charge on any atom is 0.253 e. The first-order valence-corrected chi connectivity index (χ1v) is 9.44. The van der Waals surface area contributed by atoms with Crippen molar-refractivity contribution in [1.82, 2.24) is 15.1 Å². The highest BCUT2D eigenvalue weighted by atomic mass is 35.5. The van der Waals surface area contributed by atoms with Crippen LogP contribution in [0.2, 0.25) is 5.02 Å². The molecule has 3 unspecified atom stereocenters. The average Bonchev–Trinajstić information content (AvgIpc) is 2.63. The predicted octanol–water partition coefficient (Wildman–Crippen LogP) is 2.82. The summed E-state index contributed by atoms with van der Waals surface area (Å²) in [5.41, 5.74) is 0.627. The Morgan fingerprint density at radius 1 is 1.15 bits per heavy atom. The van der Waals surface area contributed by atoms with Gasteiger partial charge in [-0.2, -0.15) is 0 Å². The second-order valence-electron chi connectivity index (χ2n) is 7.11. The van der Waals surface area contributed by atoms with Gasteiger partial charge in [0.15, 0.2) is 0 Å². The maximum atomic E-state index is 13.0. The fraction of sp³-hybridized carbons (Fsp3) is 0.579. The van der Waals surface area contributed by atoms with Crippen LogP contribution < -0.4 is 5.32 Å². The molecule has 1 aromatic carbocycles. The Morgan fingerprint density at radius 3 is 2.54 bits per heavy atom. The standard InChI is InChI=1S/C19H26ClN3O2.ClH/c1-13-14(2)23(11-9-21-13)19(25)16-4-3-10-22(12-16)18(24)15-5-7-17(20)8-6-15;/h5-8,13-14,16,21H,3-4,9-12H2,1-2H3;1H. The van der Waals surface area contributed by atoms with Crippen molar-refractivity contribution in [3.05, 3.63) is 34.9 Å². The molecule has 5 nitrogen and oxygen atoms in total. The molecule has 1 aromatic rings. The lowest BCUT2D eigenvalue weighted by Crippen LogP contribution is -2.59. The third kappa shape index (κ3) is 4.51. The van der Waals surface area contributed by atoms with Crippen molar-refractivity contribution < 1.29 is 9.59 Å². The zero-order chi connectivity index (χ0) is 18.0. The van der Waals surface area contributed by atoms with E-state index in [1.807, 2.05) is 9.80 Å². The van der Waals surface area contributed by atoms with Crippen molar-refractivity contribution in [3.63, 3.8) is 0 Å². The SMILES string of the molecule is CC1NCCN(C(=O)C2CCCN(C(=O)c3ccc(Cl)cc3)C2)C1C.Cl. The van der Waals surface area contributed by atoms with Crippen LogP contribution in [0.4, 0.5) is 0 Å². The number of rotatable bonds is 2. The molecule has 0 saturated carbocycles. The Morgan fingerprint density at radius 2 is 1.85 bits per heavy atom. The molecule has 2 aliphatic heterocycles. The number of carbonyl (C=O) groups is 2. The largest absolute Gasteiger partial charge is 0.338 e. The number of halogens is 2. The van der Waals surface area contributed by atoms with E-state index >= 15 is 0 Å². The first-order chi connectivity index (χ1) is 12.0. The van der Waals surface area contributed by atoms with Gasteiger partial charge in [0, 0.05) is 48.8 Å². The molecule has 0 radical (unpaired) electrons. The second kappa shape index (κ2) is 9.07. The average molecular weight is 400 g/mol. The van der Waals surface area contributed by atoms with Crippen molar-refractivity contribution in [1.29, 1.82) is 0 Å². The van der Waals surface area contributed by atoms with Crippen LogP contribution >= 0.6 is 24.0 Å². The lowest BCUT2D eigenvalue weighted by Gasteiger charge is -2.42. The van der Waals surface area contributed by atoms with E-state index in [-0.39, 0.29) is 36.2 Å². The van der Waals surface area contributed by atoms with Crippen LogP contribution in [0.15, 0.2) is 24.3 Å². The minimum absolute atomic E-state index is 0. The highest BCUT2D eigenvalue weighted by molar-refractivity contribution is 6.30. The molecular weight excluding hydrogens is 373 g/mol. The Balaban J connectivity index is 0.00000243. The van der Waals surface area contributed by atoms with Crippen molar-refractivity contribution in [3.8, 4) is 0 Å². The molecule has 7 heteroatoms. The number of carbonyl (C=O) groups excluding carboxylic acids is 2. The van der Waals surface area contributed by atoms with E-state index in [4.69, 9.17) is 11.6 Å². The first-order valence-electron chi connectivity index (χ1n) is 9.06. The number of piperidine rings is 1. The Labute approximate surface area is 166 Å². The molecule has 0 aromatic heterocycles. The van der Waals surface area contributed by atoms with Gasteiger partial charge < -0.3 is 15.1 Å². The van der Waals surface area contributed by atoms with Gasteiger partial charge >= 0.3 is 0 Å². The lowest BCUT2D eigenvalue weighted by atomic mass is 9.94. The Kier molecular flexibility index (Phi) is 7.33. The van der Waals surface area contributed by atoms with E-state index in [1.54, 1.807) is 24.3 Å². The van der Waals surface area contributed by atoms with E-state index in [0.29, 0.717) is 29.7 Å². The van der Waals surface area contributed by atoms with Crippen LogP contribution in [-0.4, -0.2) is 59.9 Å². The predicted molar refractivity (Wildman–Crippen MR) is 106 cm³/mol. The van der Waals surface area contributed by atoms with Gasteiger partial charge in [-0.25, -0.2) is 0 Å². The maximum absolute atomic E-state index is 13.0. The van der Waals surface area contributed by atoms with Gasteiger partial charge in [-0.15, -0.1) is 12.4 Å². The molecular formula is C19H27Cl2N3O2. The number of nitrogens with one attached hydrogen (secondary N) is 1. The van der Waals surface area contributed by atoms with E-state index in [2.05, 4.69) is 19.2 Å². The van der Waals surface area contributed by atoms with E-state index in [9.17, 15) is 9.59 Å². The van der Waals surface area contributed by atoms with Gasteiger partial charge in [0.25, 0.3) is 5.91 Å². The topological polar surface area (TPSA) is 52.7 Å². The van der Waals surface area contributed by atoms with Crippen LogP contribution in [0, 0.1) is 5.92 Å². The molecule has 0 aliphatic carbocycles. The summed E-state index contributed by atoms with van der Waals surface area (Å²) in [6, 6.07) is 7.43. The molecule has 2 heterocycles. The van der Waals surface area contributed by atoms with Gasteiger partial charge in [-0.3, -0.25) is 9.59 Å². The fourth-order valence-corrected chi connectivity index (χ4v) is 3.87. The third-order valence-electron chi connectivity index (χ3n) is 5.47. The summed E-state index contributed by atoms with van der Waals surface area (Å²) in [6.07, 6.45) is 1.72. The van der Waals surface area contributed by atoms with Gasteiger partial charge in [-0.05, 0) is 51.0 Å². The van der Waals surface area contributed by atoms with Crippen molar-refractivity contribution in [2.24, 2.45) is 5.92 Å². The number of hydrogen-bond donors (Lipinski definition) is 1. The minimum Gasteiger partial charge on any atom is -0.338 e. The van der Waals surface area contributed by atoms with Crippen molar-refractivity contribution in [2.75, 3.05) is 26.2 Å². The molecule has 3 rings (SSSR count). The summed E-state index contributed by atoms with van der Waals surface area (Å²) in [7, 11) is 0. The summed E-state index contributed by atoms with van der Waals surface area (Å²) in [5.74, 6) is 0.0723. The number of benzene rings is 1. The second-order valence-corrected chi connectivity index (χ2v) is 7.55. The molecule has 2 aliphatic rings. The number of hydrogen-bond acceptors (Lipinski definition) is 3. The van der Waals surface area contributed by atoms with Crippen LogP contribution in [-0.2, 0) is 4.79 Å². The van der Waals surface area contributed by atoms with Crippen LogP contribution in [0.3, 0.4) is 0 Å². The molecule has 2 saturated heterocycles. The van der Waals surface area contributed by atoms with Gasteiger partial charge in [0.2, 0.25) is 5.91 Å². The molecule has 3 atom stereocenters. The number of nitrogens with zero attached hydrogens (tertiary/aromatic N) is 2. The first kappa shape index (κ1) is 21.0. The Hall–Kier alpha value is -1.30. The minimum atomic E-state index is -0.0993. The summed E-state index contributed by atoms with van der Waals surface area (Å²) in [5, 5.41) is 4.02. The smallest absolute Gasteiger partial charge is 0.253 e.